The molecule has 0 aliphatic heterocycles. The Morgan fingerprint density at radius 1 is 1.29 bits per heavy atom. The van der Waals surface area contributed by atoms with Crippen LogP contribution in [-0.2, 0) is 6.54 Å². The zero-order chi connectivity index (χ0) is 12.1. The predicted molar refractivity (Wildman–Crippen MR) is 62.5 cm³/mol. The van der Waals surface area contributed by atoms with Crippen molar-refractivity contribution in [2.45, 2.75) is 6.54 Å². The lowest BCUT2D eigenvalue weighted by Crippen LogP contribution is -2.29. The lowest BCUT2D eigenvalue weighted by molar-refractivity contribution is 0.0949. The van der Waals surface area contributed by atoms with Gasteiger partial charge in [-0.15, -0.1) is 0 Å². The van der Waals surface area contributed by atoms with Crippen LogP contribution in [0.2, 0.25) is 0 Å². The Kier molecular flexibility index (Phi) is 3.30. The topological polar surface area (TPSA) is 74.8 Å². The van der Waals surface area contributed by atoms with E-state index in [0.29, 0.717) is 6.54 Å². The van der Waals surface area contributed by atoms with Crippen molar-refractivity contribution in [3.8, 4) is 0 Å². The van der Waals surface area contributed by atoms with E-state index in [2.05, 4.69) is 15.3 Å². The summed E-state index contributed by atoms with van der Waals surface area (Å²) in [5.41, 5.74) is 0.551. The number of rotatable bonds is 3. The summed E-state index contributed by atoms with van der Waals surface area (Å²) in [5.74, 6) is -0.428. The van der Waals surface area contributed by atoms with Crippen LogP contribution in [0, 0.1) is 0 Å². The molecular formula is C12H11N3O2. The molecule has 0 aliphatic carbocycles. The second-order valence-electron chi connectivity index (χ2n) is 3.46. The number of benzene rings is 1. The Hall–Kier alpha value is -2.43. The van der Waals surface area contributed by atoms with Gasteiger partial charge in [-0.2, -0.15) is 0 Å². The van der Waals surface area contributed by atoms with E-state index in [-0.39, 0.29) is 5.56 Å². The third-order valence-electron chi connectivity index (χ3n) is 2.26. The van der Waals surface area contributed by atoms with E-state index < -0.39 is 11.5 Å². The molecule has 1 heterocycles. The van der Waals surface area contributed by atoms with Gasteiger partial charge in [-0.05, 0) is 5.56 Å². The van der Waals surface area contributed by atoms with E-state index in [1.165, 1.54) is 12.5 Å². The molecule has 0 fully saturated rings. The largest absolute Gasteiger partial charge is 0.348 e. The monoisotopic (exact) mass is 229 g/mol. The molecule has 1 amide bonds. The molecule has 0 saturated carbocycles. The number of nitrogens with zero attached hydrogens (tertiary/aromatic N) is 1. The van der Waals surface area contributed by atoms with Crippen LogP contribution in [0.15, 0.2) is 47.7 Å². The summed E-state index contributed by atoms with van der Waals surface area (Å²) in [6.45, 7) is 0.383. The summed E-state index contributed by atoms with van der Waals surface area (Å²) in [4.78, 5) is 29.0. The number of H-pyrrole nitrogens is 1. The fourth-order valence-electron chi connectivity index (χ4n) is 1.38. The minimum absolute atomic E-state index is 0.0171. The molecule has 0 bridgehead atoms. The number of hydrogen-bond donors (Lipinski definition) is 2. The van der Waals surface area contributed by atoms with Gasteiger partial charge >= 0.3 is 0 Å². The Morgan fingerprint density at radius 3 is 2.76 bits per heavy atom. The maximum atomic E-state index is 11.7. The van der Waals surface area contributed by atoms with Gasteiger partial charge in [-0.25, -0.2) is 4.98 Å². The standard InChI is InChI=1S/C12H11N3O2/c16-11(10-7-13-8-15-12(10)17)14-6-9-4-2-1-3-5-9/h1-5,7-8H,6H2,(H,14,16)(H,13,15,17). The maximum Gasteiger partial charge on any atom is 0.263 e. The first kappa shape index (κ1) is 11.1. The molecule has 2 rings (SSSR count). The quantitative estimate of drug-likeness (QED) is 0.813. The molecule has 0 saturated heterocycles. The van der Waals surface area contributed by atoms with Crippen LogP contribution in [0.1, 0.15) is 15.9 Å². The Morgan fingerprint density at radius 2 is 2.06 bits per heavy atom. The molecule has 0 spiro atoms. The zero-order valence-corrected chi connectivity index (χ0v) is 9.01. The number of hydrogen-bond acceptors (Lipinski definition) is 3. The van der Waals surface area contributed by atoms with E-state index in [1.807, 2.05) is 30.3 Å². The highest BCUT2D eigenvalue weighted by Gasteiger charge is 2.09. The molecule has 17 heavy (non-hydrogen) atoms. The van der Waals surface area contributed by atoms with Crippen molar-refractivity contribution < 1.29 is 4.79 Å². The van der Waals surface area contributed by atoms with Crippen LogP contribution in [-0.4, -0.2) is 15.9 Å². The molecule has 0 aliphatic rings. The first-order valence-corrected chi connectivity index (χ1v) is 5.12. The Bertz CT molecular complexity index is 563. The fraction of sp³-hybridized carbons (Fsp3) is 0.0833. The van der Waals surface area contributed by atoms with Gasteiger partial charge in [0.15, 0.2) is 0 Å². The zero-order valence-electron chi connectivity index (χ0n) is 9.01. The van der Waals surface area contributed by atoms with Crippen LogP contribution in [0.25, 0.3) is 0 Å². The SMILES string of the molecule is O=C(NCc1ccccc1)c1cnc[nH]c1=O. The van der Waals surface area contributed by atoms with Crippen LogP contribution >= 0.6 is 0 Å². The number of nitrogens with one attached hydrogen (secondary N) is 2. The van der Waals surface area contributed by atoms with Gasteiger partial charge in [-0.1, -0.05) is 30.3 Å². The van der Waals surface area contributed by atoms with E-state index in [4.69, 9.17) is 0 Å². The number of carbonyl (C=O) groups excluding carboxylic acids is 1. The molecule has 86 valence electrons. The molecular weight excluding hydrogens is 218 g/mol. The van der Waals surface area contributed by atoms with Gasteiger partial charge in [0, 0.05) is 12.7 Å². The van der Waals surface area contributed by atoms with E-state index in [9.17, 15) is 9.59 Å². The van der Waals surface area contributed by atoms with Gasteiger partial charge in [0.25, 0.3) is 11.5 Å². The summed E-state index contributed by atoms with van der Waals surface area (Å²) < 4.78 is 0. The number of aromatic nitrogens is 2. The van der Waals surface area contributed by atoms with Crippen molar-refractivity contribution >= 4 is 5.91 Å². The molecule has 0 atom stereocenters. The molecule has 2 aromatic rings. The normalized spacial score (nSPS) is 9.88. The van der Waals surface area contributed by atoms with Crippen molar-refractivity contribution in [1.82, 2.24) is 15.3 Å². The Labute approximate surface area is 97.5 Å². The molecule has 2 N–H and O–H groups in total. The van der Waals surface area contributed by atoms with Gasteiger partial charge in [0.2, 0.25) is 0 Å². The lowest BCUT2D eigenvalue weighted by atomic mass is 10.2. The molecule has 0 unspecified atom stereocenters. The highest BCUT2D eigenvalue weighted by molar-refractivity contribution is 5.93. The number of carbonyl (C=O) groups is 1. The summed E-state index contributed by atoms with van der Waals surface area (Å²) in [7, 11) is 0. The second kappa shape index (κ2) is 5.07. The average molecular weight is 229 g/mol. The minimum Gasteiger partial charge on any atom is -0.348 e. The lowest BCUT2D eigenvalue weighted by Gasteiger charge is -2.03. The number of amides is 1. The van der Waals surface area contributed by atoms with Crippen LogP contribution in [0.5, 0.6) is 0 Å². The van der Waals surface area contributed by atoms with Crippen molar-refractivity contribution in [1.29, 1.82) is 0 Å². The molecule has 5 heteroatoms. The first-order valence-electron chi connectivity index (χ1n) is 5.12. The van der Waals surface area contributed by atoms with Crippen LogP contribution < -0.4 is 10.9 Å². The Balaban J connectivity index is 2.04. The van der Waals surface area contributed by atoms with Crippen molar-refractivity contribution in [3.05, 3.63) is 64.3 Å². The van der Waals surface area contributed by atoms with E-state index in [1.54, 1.807) is 0 Å². The van der Waals surface area contributed by atoms with Crippen molar-refractivity contribution in [2.75, 3.05) is 0 Å². The van der Waals surface area contributed by atoms with Gasteiger partial charge in [-0.3, -0.25) is 9.59 Å². The molecule has 0 radical (unpaired) electrons. The summed E-state index contributed by atoms with van der Waals surface area (Å²) in [6, 6.07) is 9.47. The van der Waals surface area contributed by atoms with Crippen LogP contribution in [0.3, 0.4) is 0 Å². The smallest absolute Gasteiger partial charge is 0.263 e. The highest BCUT2D eigenvalue weighted by Crippen LogP contribution is 1.97. The average Bonchev–Trinajstić information content (AvgIpc) is 2.38. The van der Waals surface area contributed by atoms with E-state index in [0.717, 1.165) is 5.56 Å². The third kappa shape index (κ3) is 2.78. The van der Waals surface area contributed by atoms with Crippen molar-refractivity contribution in [2.24, 2.45) is 0 Å². The fourth-order valence-corrected chi connectivity index (χ4v) is 1.38. The minimum atomic E-state index is -0.439. The molecule has 1 aromatic carbocycles. The van der Waals surface area contributed by atoms with Gasteiger partial charge in [0.05, 0.1) is 6.33 Å². The molecule has 5 nitrogen and oxygen atoms in total. The van der Waals surface area contributed by atoms with Gasteiger partial charge < -0.3 is 10.3 Å². The third-order valence-corrected chi connectivity index (χ3v) is 2.26. The molecule has 1 aromatic heterocycles. The van der Waals surface area contributed by atoms with Gasteiger partial charge in [0.1, 0.15) is 5.56 Å². The number of aromatic amines is 1. The van der Waals surface area contributed by atoms with Crippen LogP contribution in [0.4, 0.5) is 0 Å². The highest BCUT2D eigenvalue weighted by atomic mass is 16.2. The van der Waals surface area contributed by atoms with E-state index >= 15 is 0 Å². The second-order valence-corrected chi connectivity index (χ2v) is 3.46. The summed E-state index contributed by atoms with van der Waals surface area (Å²) in [6.07, 6.45) is 2.50. The summed E-state index contributed by atoms with van der Waals surface area (Å²) >= 11 is 0. The summed E-state index contributed by atoms with van der Waals surface area (Å²) in [5, 5.41) is 2.66. The first-order chi connectivity index (χ1) is 8.27. The maximum absolute atomic E-state index is 11.7. The predicted octanol–water partition coefficient (Wildman–Crippen LogP) is 0.700. The van der Waals surface area contributed by atoms with Crippen molar-refractivity contribution in [3.63, 3.8) is 0 Å².